The highest BCUT2D eigenvalue weighted by atomic mass is 32.2. The van der Waals surface area contributed by atoms with Crippen LogP contribution in [0.3, 0.4) is 0 Å². The number of anilines is 1. The van der Waals surface area contributed by atoms with Crippen molar-refractivity contribution in [2.24, 2.45) is 10.9 Å². The topological polar surface area (TPSA) is 123 Å². The van der Waals surface area contributed by atoms with Crippen molar-refractivity contribution in [2.45, 2.75) is 50.5 Å². The molecule has 0 atom stereocenters. The minimum absolute atomic E-state index is 0.102. The van der Waals surface area contributed by atoms with Gasteiger partial charge in [-0.25, -0.2) is 8.42 Å². The number of carbonyl (C=O) groups excluding carboxylic acids is 1. The van der Waals surface area contributed by atoms with Gasteiger partial charge in [-0.1, -0.05) is 31.4 Å². The molecule has 1 aliphatic heterocycles. The predicted octanol–water partition coefficient (Wildman–Crippen LogP) is 5.45. The summed E-state index contributed by atoms with van der Waals surface area (Å²) in [5.74, 6) is 0.488. The zero-order valence-electron chi connectivity index (χ0n) is 23.9. The number of aryl methyl sites for hydroxylation is 1. The van der Waals surface area contributed by atoms with Crippen molar-refractivity contribution in [2.75, 3.05) is 30.9 Å². The molecule has 1 amide bonds. The third kappa shape index (κ3) is 7.11. The molecule has 2 aliphatic rings. The van der Waals surface area contributed by atoms with E-state index in [0.717, 1.165) is 18.4 Å². The van der Waals surface area contributed by atoms with E-state index in [9.17, 15) is 23.4 Å². The summed E-state index contributed by atoms with van der Waals surface area (Å²) in [6.45, 7) is 4.63. The standard InChI is InChI=1S/C32H38N4O5S/c1-23-6-5-9-30(31(23)33-21-24-7-3-2-4-8-24)42(40,41)34-27-12-10-25(11-13-27)32(39)36-18-16-35(17-19-36)22-26-20-28(37)14-15-29(26)38/h5-6,9-15,20-21,24,34,37-38H,2-4,7-8,16-19,22H2,1H3/b33-21-. The van der Waals surface area contributed by atoms with Crippen molar-refractivity contribution in [1.29, 1.82) is 0 Å². The van der Waals surface area contributed by atoms with Crippen molar-refractivity contribution in [1.82, 2.24) is 9.80 Å². The molecule has 1 heterocycles. The maximum absolute atomic E-state index is 13.4. The fraction of sp³-hybridized carbons (Fsp3) is 0.375. The van der Waals surface area contributed by atoms with Crippen LogP contribution in [0.2, 0.25) is 0 Å². The molecule has 3 aromatic rings. The molecule has 1 saturated heterocycles. The highest BCUT2D eigenvalue weighted by Gasteiger charge is 2.24. The molecule has 1 aliphatic carbocycles. The van der Waals surface area contributed by atoms with Crippen LogP contribution in [-0.4, -0.2) is 66.7 Å². The Morgan fingerprint density at radius 2 is 1.69 bits per heavy atom. The Balaban J connectivity index is 1.21. The lowest BCUT2D eigenvalue weighted by molar-refractivity contribution is 0.0627. The first-order valence-electron chi connectivity index (χ1n) is 14.5. The minimum Gasteiger partial charge on any atom is -0.508 e. The number of rotatable bonds is 8. The van der Waals surface area contributed by atoms with Crippen LogP contribution in [-0.2, 0) is 16.6 Å². The van der Waals surface area contributed by atoms with Gasteiger partial charge in [-0.05, 0) is 79.8 Å². The van der Waals surface area contributed by atoms with Crippen molar-refractivity contribution in [3.8, 4) is 11.5 Å². The monoisotopic (exact) mass is 590 g/mol. The summed E-state index contributed by atoms with van der Waals surface area (Å²) in [6.07, 6.45) is 7.68. The van der Waals surface area contributed by atoms with E-state index in [4.69, 9.17) is 0 Å². The lowest BCUT2D eigenvalue weighted by atomic mass is 9.90. The van der Waals surface area contributed by atoms with Crippen molar-refractivity contribution < 1.29 is 23.4 Å². The average Bonchev–Trinajstić information content (AvgIpc) is 2.99. The van der Waals surface area contributed by atoms with E-state index in [0.29, 0.717) is 61.1 Å². The summed E-state index contributed by atoms with van der Waals surface area (Å²) >= 11 is 0. The first kappa shape index (κ1) is 29.6. The van der Waals surface area contributed by atoms with Gasteiger partial charge in [-0.15, -0.1) is 0 Å². The Bertz CT molecular complexity index is 1540. The largest absolute Gasteiger partial charge is 0.508 e. The number of hydrogen-bond acceptors (Lipinski definition) is 7. The molecule has 0 radical (unpaired) electrons. The number of nitrogens with zero attached hydrogens (tertiary/aromatic N) is 3. The Labute approximate surface area is 247 Å². The molecule has 10 heteroatoms. The number of aliphatic imine (C=N–C) groups is 1. The summed E-state index contributed by atoms with van der Waals surface area (Å²) in [7, 11) is -3.91. The second kappa shape index (κ2) is 13.0. The van der Waals surface area contributed by atoms with Crippen LogP contribution < -0.4 is 4.72 Å². The number of phenols is 2. The van der Waals surface area contributed by atoms with E-state index in [1.807, 2.05) is 19.2 Å². The van der Waals surface area contributed by atoms with Crippen molar-refractivity contribution in [3.05, 3.63) is 77.4 Å². The van der Waals surface area contributed by atoms with E-state index in [-0.39, 0.29) is 22.3 Å². The van der Waals surface area contributed by atoms with E-state index in [1.54, 1.807) is 47.4 Å². The first-order chi connectivity index (χ1) is 20.2. The Kier molecular flexibility index (Phi) is 9.13. The number of phenolic OH excluding ortho intramolecular Hbond substituents is 2. The molecule has 222 valence electrons. The molecule has 2 fully saturated rings. The normalized spacial score (nSPS) is 17.0. The van der Waals surface area contributed by atoms with Crippen LogP contribution >= 0.6 is 0 Å². The Morgan fingerprint density at radius 3 is 2.40 bits per heavy atom. The average molecular weight is 591 g/mol. The van der Waals surface area contributed by atoms with Crippen LogP contribution in [0.25, 0.3) is 0 Å². The van der Waals surface area contributed by atoms with E-state index < -0.39 is 10.0 Å². The molecule has 0 aromatic heterocycles. The van der Waals surface area contributed by atoms with Crippen LogP contribution in [0.5, 0.6) is 11.5 Å². The highest BCUT2D eigenvalue weighted by molar-refractivity contribution is 7.92. The van der Waals surface area contributed by atoms with Gasteiger partial charge in [0.15, 0.2) is 0 Å². The molecule has 9 nitrogen and oxygen atoms in total. The molecule has 5 rings (SSSR count). The molecular formula is C32H38N4O5S. The van der Waals surface area contributed by atoms with Gasteiger partial charge < -0.3 is 15.1 Å². The van der Waals surface area contributed by atoms with Gasteiger partial charge in [0.1, 0.15) is 16.4 Å². The fourth-order valence-corrected chi connectivity index (χ4v) is 6.88. The van der Waals surface area contributed by atoms with Gasteiger partial charge in [0, 0.05) is 55.8 Å². The SMILES string of the molecule is Cc1cccc(S(=O)(=O)Nc2ccc(C(=O)N3CCN(Cc4cc(O)ccc4O)CC3)cc2)c1/N=C\C1CCCCC1. The molecule has 3 aromatic carbocycles. The lowest BCUT2D eigenvalue weighted by Gasteiger charge is -2.35. The molecule has 42 heavy (non-hydrogen) atoms. The summed E-state index contributed by atoms with van der Waals surface area (Å²) < 4.78 is 29.4. The highest BCUT2D eigenvalue weighted by Crippen LogP contribution is 2.31. The number of hydrogen-bond donors (Lipinski definition) is 3. The Morgan fingerprint density at radius 1 is 0.976 bits per heavy atom. The number of sulfonamides is 1. The number of piperazine rings is 1. The van der Waals surface area contributed by atoms with Crippen LogP contribution in [0.4, 0.5) is 11.4 Å². The van der Waals surface area contributed by atoms with Gasteiger partial charge in [-0.2, -0.15) is 0 Å². The number of aromatic hydroxyl groups is 2. The minimum atomic E-state index is -3.91. The summed E-state index contributed by atoms with van der Waals surface area (Å²) in [5.41, 5.74) is 2.74. The van der Waals surface area contributed by atoms with Gasteiger partial charge in [0.05, 0.1) is 5.69 Å². The maximum atomic E-state index is 13.4. The van der Waals surface area contributed by atoms with Crippen LogP contribution in [0.15, 0.2) is 70.6 Å². The number of amides is 1. The number of carbonyl (C=O) groups is 1. The van der Waals surface area contributed by atoms with Gasteiger partial charge in [-0.3, -0.25) is 19.4 Å². The van der Waals surface area contributed by atoms with Crippen molar-refractivity contribution in [3.63, 3.8) is 0 Å². The molecule has 0 unspecified atom stereocenters. The third-order valence-corrected chi connectivity index (χ3v) is 9.47. The van der Waals surface area contributed by atoms with E-state index in [2.05, 4.69) is 14.6 Å². The molecule has 0 bridgehead atoms. The fourth-order valence-electron chi connectivity index (χ4n) is 5.60. The van der Waals surface area contributed by atoms with Gasteiger partial charge in [0.2, 0.25) is 0 Å². The molecule has 0 spiro atoms. The lowest BCUT2D eigenvalue weighted by Crippen LogP contribution is -2.48. The molecular weight excluding hydrogens is 552 g/mol. The van der Waals surface area contributed by atoms with Crippen molar-refractivity contribution >= 4 is 33.5 Å². The summed E-state index contributed by atoms with van der Waals surface area (Å²) in [6, 6.07) is 16.1. The number of benzene rings is 3. The second-order valence-corrected chi connectivity index (χ2v) is 12.8. The number of para-hydroxylation sites is 1. The number of nitrogens with one attached hydrogen (secondary N) is 1. The van der Waals surface area contributed by atoms with Gasteiger partial charge in [0.25, 0.3) is 15.9 Å². The van der Waals surface area contributed by atoms with Crippen LogP contribution in [0, 0.1) is 12.8 Å². The predicted molar refractivity (Wildman–Crippen MR) is 164 cm³/mol. The summed E-state index contributed by atoms with van der Waals surface area (Å²) in [5, 5.41) is 19.8. The van der Waals surface area contributed by atoms with E-state index in [1.165, 1.54) is 31.4 Å². The summed E-state index contributed by atoms with van der Waals surface area (Å²) in [4.78, 5) is 21.8. The van der Waals surface area contributed by atoms with E-state index >= 15 is 0 Å². The first-order valence-corrected chi connectivity index (χ1v) is 16.0. The smallest absolute Gasteiger partial charge is 0.264 e. The molecule has 3 N–H and O–H groups in total. The van der Waals surface area contributed by atoms with Gasteiger partial charge >= 0.3 is 0 Å². The third-order valence-electron chi connectivity index (χ3n) is 8.06. The zero-order valence-corrected chi connectivity index (χ0v) is 24.7. The Hall–Kier alpha value is -3.89. The molecule has 1 saturated carbocycles. The second-order valence-electron chi connectivity index (χ2n) is 11.2. The van der Waals surface area contributed by atoms with Crippen LogP contribution in [0.1, 0.15) is 53.6 Å². The quantitative estimate of drug-likeness (QED) is 0.237. The zero-order chi connectivity index (χ0) is 29.7. The maximum Gasteiger partial charge on any atom is 0.264 e.